The molecule has 27 heavy (non-hydrogen) atoms. The van der Waals surface area contributed by atoms with Gasteiger partial charge in [-0.05, 0) is 23.8 Å². The molecule has 0 bridgehead atoms. The van der Waals surface area contributed by atoms with Gasteiger partial charge in [-0.25, -0.2) is 4.98 Å². The summed E-state index contributed by atoms with van der Waals surface area (Å²) in [4.78, 5) is 11.1. The van der Waals surface area contributed by atoms with Crippen molar-refractivity contribution in [2.24, 2.45) is 4.99 Å². The molecule has 0 aliphatic carbocycles. The molecule has 1 aromatic carbocycles. The van der Waals surface area contributed by atoms with Crippen LogP contribution in [0.3, 0.4) is 0 Å². The van der Waals surface area contributed by atoms with E-state index in [4.69, 9.17) is 16.3 Å². The van der Waals surface area contributed by atoms with E-state index in [1.807, 2.05) is 36.5 Å². The van der Waals surface area contributed by atoms with Gasteiger partial charge in [-0.2, -0.15) is 0 Å². The molecular formula is C19H25ClIN5O. The minimum atomic E-state index is 0. The van der Waals surface area contributed by atoms with Crippen molar-refractivity contribution in [3.63, 3.8) is 0 Å². The minimum absolute atomic E-state index is 0. The Morgan fingerprint density at radius 2 is 1.85 bits per heavy atom. The standard InChI is InChI=1S/C19H24ClN5O.HI/c1-21-19(23-13-15-4-6-17(20)7-5-15)24-14-16-3-2-8-22-18(16)25-9-11-26-12-10-25;/h2-8H,9-14H2,1H3,(H2,21,23,24);1H. The van der Waals surface area contributed by atoms with Crippen LogP contribution in [0.25, 0.3) is 0 Å². The second-order valence-corrected chi connectivity index (χ2v) is 6.43. The van der Waals surface area contributed by atoms with Crippen molar-refractivity contribution in [3.05, 3.63) is 58.7 Å². The summed E-state index contributed by atoms with van der Waals surface area (Å²) in [6, 6.07) is 11.8. The zero-order valence-electron chi connectivity index (χ0n) is 15.3. The Kier molecular flexibility index (Phi) is 9.09. The Morgan fingerprint density at radius 3 is 2.56 bits per heavy atom. The third-order valence-corrected chi connectivity index (χ3v) is 4.47. The van der Waals surface area contributed by atoms with Crippen LogP contribution in [0.5, 0.6) is 0 Å². The zero-order chi connectivity index (χ0) is 18.2. The van der Waals surface area contributed by atoms with Crippen molar-refractivity contribution in [2.75, 3.05) is 38.3 Å². The molecule has 0 amide bonds. The molecule has 2 heterocycles. The van der Waals surface area contributed by atoms with Crippen molar-refractivity contribution in [3.8, 4) is 0 Å². The van der Waals surface area contributed by atoms with Crippen LogP contribution in [0.2, 0.25) is 5.02 Å². The Bertz CT molecular complexity index is 735. The molecule has 146 valence electrons. The van der Waals surface area contributed by atoms with Gasteiger partial charge in [0, 0.05) is 50.0 Å². The third-order valence-electron chi connectivity index (χ3n) is 4.22. The van der Waals surface area contributed by atoms with E-state index in [9.17, 15) is 0 Å². The summed E-state index contributed by atoms with van der Waals surface area (Å²) in [5.74, 6) is 1.76. The average molecular weight is 502 g/mol. The molecule has 0 spiro atoms. The monoisotopic (exact) mass is 501 g/mol. The third kappa shape index (κ3) is 6.51. The van der Waals surface area contributed by atoms with Gasteiger partial charge in [-0.15, -0.1) is 24.0 Å². The number of rotatable bonds is 5. The molecule has 8 heteroatoms. The van der Waals surface area contributed by atoms with Crippen LogP contribution in [0, 0.1) is 0 Å². The molecule has 0 saturated carbocycles. The van der Waals surface area contributed by atoms with Crippen LogP contribution >= 0.6 is 35.6 Å². The molecule has 0 radical (unpaired) electrons. The van der Waals surface area contributed by atoms with Gasteiger partial charge in [0.15, 0.2) is 5.96 Å². The fourth-order valence-corrected chi connectivity index (χ4v) is 2.94. The molecule has 2 aromatic rings. The maximum Gasteiger partial charge on any atom is 0.191 e. The van der Waals surface area contributed by atoms with Gasteiger partial charge in [0.2, 0.25) is 0 Å². The number of aliphatic imine (C=N–C) groups is 1. The highest BCUT2D eigenvalue weighted by molar-refractivity contribution is 14.0. The lowest BCUT2D eigenvalue weighted by atomic mass is 10.2. The van der Waals surface area contributed by atoms with Gasteiger partial charge >= 0.3 is 0 Å². The van der Waals surface area contributed by atoms with E-state index in [0.717, 1.165) is 54.2 Å². The number of hydrogen-bond acceptors (Lipinski definition) is 4. The number of guanidine groups is 1. The maximum atomic E-state index is 5.92. The predicted molar refractivity (Wildman–Crippen MR) is 121 cm³/mol. The number of nitrogens with zero attached hydrogens (tertiary/aromatic N) is 3. The van der Waals surface area contributed by atoms with Gasteiger partial charge in [-0.3, -0.25) is 4.99 Å². The highest BCUT2D eigenvalue weighted by Gasteiger charge is 2.15. The van der Waals surface area contributed by atoms with Crippen LogP contribution < -0.4 is 15.5 Å². The number of nitrogens with one attached hydrogen (secondary N) is 2. The summed E-state index contributed by atoms with van der Waals surface area (Å²) < 4.78 is 5.44. The molecule has 0 unspecified atom stereocenters. The lowest BCUT2D eigenvalue weighted by Crippen LogP contribution is -2.39. The van der Waals surface area contributed by atoms with Crippen LogP contribution in [0.1, 0.15) is 11.1 Å². The number of hydrogen-bond donors (Lipinski definition) is 2. The molecule has 0 atom stereocenters. The fraction of sp³-hybridized carbons (Fsp3) is 0.368. The van der Waals surface area contributed by atoms with Crippen molar-refractivity contribution in [2.45, 2.75) is 13.1 Å². The van der Waals surface area contributed by atoms with Crippen LogP contribution in [0.15, 0.2) is 47.6 Å². The summed E-state index contributed by atoms with van der Waals surface area (Å²) in [6.07, 6.45) is 1.84. The molecule has 3 rings (SSSR count). The first kappa shape index (κ1) is 21.7. The largest absolute Gasteiger partial charge is 0.378 e. The Labute approximate surface area is 182 Å². The van der Waals surface area contributed by atoms with Gasteiger partial charge in [0.1, 0.15) is 5.82 Å². The first-order chi connectivity index (χ1) is 12.8. The molecular weight excluding hydrogens is 477 g/mol. The Balaban J connectivity index is 0.00000261. The van der Waals surface area contributed by atoms with Crippen LogP contribution in [-0.2, 0) is 17.8 Å². The first-order valence-electron chi connectivity index (χ1n) is 8.72. The quantitative estimate of drug-likeness (QED) is 0.375. The molecule has 1 aliphatic rings. The minimum Gasteiger partial charge on any atom is -0.378 e. The van der Waals surface area contributed by atoms with Crippen molar-refractivity contribution in [1.82, 2.24) is 15.6 Å². The van der Waals surface area contributed by atoms with Gasteiger partial charge in [0.25, 0.3) is 0 Å². The van der Waals surface area contributed by atoms with Crippen molar-refractivity contribution >= 4 is 47.4 Å². The first-order valence-corrected chi connectivity index (χ1v) is 9.09. The summed E-state index contributed by atoms with van der Waals surface area (Å²) in [7, 11) is 1.77. The second kappa shape index (κ2) is 11.3. The summed E-state index contributed by atoms with van der Waals surface area (Å²) in [5.41, 5.74) is 2.29. The highest BCUT2D eigenvalue weighted by atomic mass is 127. The van der Waals surface area contributed by atoms with Crippen molar-refractivity contribution in [1.29, 1.82) is 0 Å². The number of benzene rings is 1. The van der Waals surface area contributed by atoms with E-state index < -0.39 is 0 Å². The fourth-order valence-electron chi connectivity index (χ4n) is 2.82. The average Bonchev–Trinajstić information content (AvgIpc) is 2.70. The molecule has 6 nitrogen and oxygen atoms in total. The molecule has 1 aliphatic heterocycles. The number of ether oxygens (including phenoxy) is 1. The lowest BCUT2D eigenvalue weighted by Gasteiger charge is -2.29. The number of anilines is 1. The number of halogens is 2. The molecule has 1 aromatic heterocycles. The number of morpholine rings is 1. The zero-order valence-corrected chi connectivity index (χ0v) is 18.4. The van der Waals surface area contributed by atoms with E-state index in [1.165, 1.54) is 0 Å². The van der Waals surface area contributed by atoms with Gasteiger partial charge in [0.05, 0.1) is 13.2 Å². The SMILES string of the molecule is CN=C(NCc1ccc(Cl)cc1)NCc1cccnc1N1CCOCC1.I. The summed E-state index contributed by atoms with van der Waals surface area (Å²) in [5, 5.41) is 7.42. The molecule has 2 N–H and O–H groups in total. The van der Waals surface area contributed by atoms with E-state index >= 15 is 0 Å². The number of pyridine rings is 1. The van der Waals surface area contributed by atoms with Crippen molar-refractivity contribution < 1.29 is 4.74 Å². The highest BCUT2D eigenvalue weighted by Crippen LogP contribution is 2.18. The van der Waals surface area contributed by atoms with E-state index in [0.29, 0.717) is 13.1 Å². The maximum absolute atomic E-state index is 5.92. The second-order valence-electron chi connectivity index (χ2n) is 5.99. The normalized spacial score (nSPS) is 14.4. The van der Waals surface area contributed by atoms with E-state index in [2.05, 4.69) is 31.6 Å². The summed E-state index contributed by atoms with van der Waals surface area (Å²) >= 11 is 5.92. The Hall–Kier alpha value is -1.58. The topological polar surface area (TPSA) is 61.8 Å². The van der Waals surface area contributed by atoms with Gasteiger partial charge < -0.3 is 20.3 Å². The molecule has 1 fully saturated rings. The van der Waals surface area contributed by atoms with Gasteiger partial charge in [-0.1, -0.05) is 29.8 Å². The lowest BCUT2D eigenvalue weighted by molar-refractivity contribution is 0.122. The summed E-state index contributed by atoms with van der Waals surface area (Å²) in [6.45, 7) is 4.56. The predicted octanol–water partition coefficient (Wildman–Crippen LogP) is 3.05. The molecule has 1 saturated heterocycles. The van der Waals surface area contributed by atoms with E-state index in [-0.39, 0.29) is 24.0 Å². The van der Waals surface area contributed by atoms with E-state index in [1.54, 1.807) is 7.05 Å². The van der Waals surface area contributed by atoms with Crippen LogP contribution in [0.4, 0.5) is 5.82 Å². The van der Waals surface area contributed by atoms with Crippen LogP contribution in [-0.4, -0.2) is 44.3 Å². The Morgan fingerprint density at radius 1 is 1.15 bits per heavy atom. The number of aromatic nitrogens is 1. The smallest absolute Gasteiger partial charge is 0.191 e.